The molecule has 1 aromatic carbocycles. The number of hydrogen-bond donors (Lipinski definition) is 1. The number of benzene rings is 1. The summed E-state index contributed by atoms with van der Waals surface area (Å²) in [6.07, 6.45) is 0. The molecular weight excluding hydrogens is 304 g/mol. The fourth-order valence-corrected chi connectivity index (χ4v) is 3.15. The van der Waals surface area contributed by atoms with Gasteiger partial charge in [0, 0.05) is 17.6 Å². The minimum absolute atomic E-state index is 0.197. The zero-order valence-electron chi connectivity index (χ0n) is 12.2. The van der Waals surface area contributed by atoms with Gasteiger partial charge < -0.3 is 9.73 Å². The lowest BCUT2D eigenvalue weighted by molar-refractivity contribution is 0.501. The summed E-state index contributed by atoms with van der Waals surface area (Å²) >= 11 is 7.54. The molecule has 0 saturated carbocycles. The number of thiophene rings is 1. The van der Waals surface area contributed by atoms with E-state index in [1.54, 1.807) is 11.3 Å². The van der Waals surface area contributed by atoms with Crippen molar-refractivity contribution in [2.75, 3.05) is 5.32 Å². The molecule has 0 amide bonds. The smallest absolute Gasteiger partial charge is 0.198 e. The molecule has 1 N–H and O–H groups in total. The number of oxazole rings is 1. The van der Waals surface area contributed by atoms with E-state index in [9.17, 15) is 0 Å². The van der Waals surface area contributed by atoms with Gasteiger partial charge in [-0.2, -0.15) is 0 Å². The third kappa shape index (κ3) is 3.06. The summed E-state index contributed by atoms with van der Waals surface area (Å²) in [4.78, 5) is 4.53. The third-order valence-electron chi connectivity index (χ3n) is 3.37. The number of rotatable bonds is 4. The van der Waals surface area contributed by atoms with E-state index in [2.05, 4.69) is 36.5 Å². The summed E-state index contributed by atoms with van der Waals surface area (Å²) in [7, 11) is 0. The molecule has 1 unspecified atom stereocenters. The highest BCUT2D eigenvalue weighted by atomic mass is 35.5. The Kier molecular flexibility index (Phi) is 3.91. The Bertz CT molecular complexity index is 763. The molecule has 110 valence electrons. The Morgan fingerprint density at radius 3 is 2.71 bits per heavy atom. The molecule has 0 fully saturated rings. The SMILES string of the molecule is CC(C)c1nc2cc(NC(C)c3csc(Cl)c3)ccc2o1. The summed E-state index contributed by atoms with van der Waals surface area (Å²) in [5.41, 5.74) is 3.93. The number of nitrogens with one attached hydrogen (secondary N) is 1. The Hall–Kier alpha value is -1.52. The third-order valence-corrected chi connectivity index (χ3v) is 4.48. The van der Waals surface area contributed by atoms with Crippen molar-refractivity contribution in [1.29, 1.82) is 0 Å². The molecule has 3 nitrogen and oxygen atoms in total. The topological polar surface area (TPSA) is 38.1 Å². The zero-order valence-corrected chi connectivity index (χ0v) is 13.8. The molecule has 0 aliphatic heterocycles. The van der Waals surface area contributed by atoms with Crippen LogP contribution < -0.4 is 5.32 Å². The van der Waals surface area contributed by atoms with Crippen LogP contribution in [0.3, 0.4) is 0 Å². The summed E-state index contributed by atoms with van der Waals surface area (Å²) in [6.45, 7) is 6.27. The van der Waals surface area contributed by atoms with Crippen molar-refractivity contribution >= 4 is 39.7 Å². The molecule has 5 heteroatoms. The lowest BCUT2D eigenvalue weighted by Crippen LogP contribution is -2.05. The first-order chi connectivity index (χ1) is 10.0. The largest absolute Gasteiger partial charge is 0.440 e. The van der Waals surface area contributed by atoms with Crippen LogP contribution in [0.15, 0.2) is 34.1 Å². The maximum Gasteiger partial charge on any atom is 0.198 e. The van der Waals surface area contributed by atoms with Crippen LogP contribution in [0.25, 0.3) is 11.1 Å². The highest BCUT2D eigenvalue weighted by Gasteiger charge is 2.11. The first kappa shape index (κ1) is 14.4. The molecular formula is C16H17ClN2OS. The van der Waals surface area contributed by atoms with Crippen LogP contribution in [0.4, 0.5) is 5.69 Å². The molecule has 0 bridgehead atoms. The summed E-state index contributed by atoms with van der Waals surface area (Å²) in [5, 5.41) is 5.54. The molecule has 1 atom stereocenters. The lowest BCUT2D eigenvalue weighted by atomic mass is 10.1. The average Bonchev–Trinajstić information content (AvgIpc) is 3.04. The van der Waals surface area contributed by atoms with Gasteiger partial charge >= 0.3 is 0 Å². The van der Waals surface area contributed by atoms with Crippen LogP contribution in [-0.4, -0.2) is 4.98 Å². The van der Waals surface area contributed by atoms with Gasteiger partial charge in [-0.1, -0.05) is 25.4 Å². The van der Waals surface area contributed by atoms with E-state index in [0.29, 0.717) is 5.92 Å². The zero-order chi connectivity index (χ0) is 15.0. The van der Waals surface area contributed by atoms with E-state index in [1.807, 2.05) is 24.3 Å². The number of aromatic nitrogens is 1. The average molecular weight is 321 g/mol. The van der Waals surface area contributed by atoms with Gasteiger partial charge in [0.15, 0.2) is 11.5 Å². The normalized spacial score (nSPS) is 13.0. The van der Waals surface area contributed by atoms with Crippen molar-refractivity contribution in [3.8, 4) is 0 Å². The fourth-order valence-electron chi connectivity index (χ4n) is 2.17. The molecule has 0 aliphatic carbocycles. The van der Waals surface area contributed by atoms with Gasteiger partial charge in [0.1, 0.15) is 5.52 Å². The van der Waals surface area contributed by atoms with Crippen molar-refractivity contribution in [2.24, 2.45) is 0 Å². The van der Waals surface area contributed by atoms with E-state index in [4.69, 9.17) is 16.0 Å². The molecule has 21 heavy (non-hydrogen) atoms. The van der Waals surface area contributed by atoms with Crippen molar-refractivity contribution in [1.82, 2.24) is 4.98 Å². The van der Waals surface area contributed by atoms with Crippen molar-refractivity contribution in [2.45, 2.75) is 32.7 Å². The molecule has 3 rings (SSSR count). The van der Waals surface area contributed by atoms with Crippen molar-refractivity contribution < 1.29 is 4.42 Å². The van der Waals surface area contributed by atoms with E-state index in [1.165, 1.54) is 5.56 Å². The maximum absolute atomic E-state index is 5.99. The van der Waals surface area contributed by atoms with E-state index in [-0.39, 0.29) is 6.04 Å². The Morgan fingerprint density at radius 1 is 1.24 bits per heavy atom. The standard InChI is InChI=1S/C16H17ClN2OS/c1-9(2)16-19-13-7-12(4-5-14(13)20-16)18-10(3)11-6-15(17)21-8-11/h4-10,18H,1-3H3. The monoisotopic (exact) mass is 320 g/mol. The Morgan fingerprint density at radius 2 is 2.05 bits per heavy atom. The Balaban J connectivity index is 1.83. The number of anilines is 1. The van der Waals surface area contributed by atoms with Crippen LogP contribution in [-0.2, 0) is 0 Å². The molecule has 2 heterocycles. The Labute approximate surface area is 133 Å². The minimum atomic E-state index is 0.197. The highest BCUT2D eigenvalue weighted by molar-refractivity contribution is 7.14. The van der Waals surface area contributed by atoms with Crippen molar-refractivity contribution in [3.05, 3.63) is 45.4 Å². The van der Waals surface area contributed by atoms with E-state index < -0.39 is 0 Å². The molecule has 0 saturated heterocycles. The quantitative estimate of drug-likeness (QED) is 0.656. The first-order valence-corrected chi connectivity index (χ1v) is 8.19. The van der Waals surface area contributed by atoms with Gasteiger partial charge in [-0.05, 0) is 42.1 Å². The minimum Gasteiger partial charge on any atom is -0.440 e. The summed E-state index contributed by atoms with van der Waals surface area (Å²) in [5.74, 6) is 1.07. The van der Waals surface area contributed by atoms with E-state index in [0.717, 1.165) is 27.0 Å². The van der Waals surface area contributed by atoms with Crippen molar-refractivity contribution in [3.63, 3.8) is 0 Å². The van der Waals surface area contributed by atoms with Crippen LogP contribution >= 0.6 is 22.9 Å². The van der Waals surface area contributed by atoms with Crippen LogP contribution in [0.5, 0.6) is 0 Å². The number of hydrogen-bond acceptors (Lipinski definition) is 4. The number of fused-ring (bicyclic) bond motifs is 1. The predicted octanol–water partition coefficient (Wildman–Crippen LogP) is 5.84. The second-order valence-corrected chi connectivity index (χ2v) is 6.98. The number of nitrogens with zero attached hydrogens (tertiary/aromatic N) is 1. The summed E-state index contributed by atoms with van der Waals surface area (Å²) in [6, 6.07) is 8.19. The van der Waals surface area contributed by atoms with Gasteiger partial charge in [0.05, 0.1) is 4.34 Å². The molecule has 2 aromatic heterocycles. The molecule has 0 radical (unpaired) electrons. The second kappa shape index (κ2) is 5.70. The molecule has 0 spiro atoms. The highest BCUT2D eigenvalue weighted by Crippen LogP contribution is 2.29. The molecule has 3 aromatic rings. The second-order valence-electron chi connectivity index (χ2n) is 5.44. The van der Waals surface area contributed by atoms with E-state index >= 15 is 0 Å². The predicted molar refractivity (Wildman–Crippen MR) is 89.5 cm³/mol. The van der Waals surface area contributed by atoms with Gasteiger partial charge in [0.25, 0.3) is 0 Å². The van der Waals surface area contributed by atoms with Crippen LogP contribution in [0, 0.1) is 0 Å². The van der Waals surface area contributed by atoms with Gasteiger partial charge in [0.2, 0.25) is 0 Å². The summed E-state index contributed by atoms with van der Waals surface area (Å²) < 4.78 is 6.53. The van der Waals surface area contributed by atoms with Crippen LogP contribution in [0.2, 0.25) is 4.34 Å². The van der Waals surface area contributed by atoms with Crippen LogP contribution in [0.1, 0.15) is 44.2 Å². The number of halogens is 1. The van der Waals surface area contributed by atoms with Gasteiger partial charge in [-0.3, -0.25) is 0 Å². The van der Waals surface area contributed by atoms with Gasteiger partial charge in [-0.25, -0.2) is 4.98 Å². The fraction of sp³-hybridized carbons (Fsp3) is 0.312. The first-order valence-electron chi connectivity index (χ1n) is 6.94. The lowest BCUT2D eigenvalue weighted by Gasteiger charge is -2.13. The molecule has 0 aliphatic rings. The van der Waals surface area contributed by atoms with Gasteiger partial charge in [-0.15, -0.1) is 11.3 Å². The maximum atomic E-state index is 5.99.